The third kappa shape index (κ3) is 2.57. The molecule has 0 saturated heterocycles. The predicted octanol–water partition coefficient (Wildman–Crippen LogP) is 8.65. The van der Waals surface area contributed by atoms with Gasteiger partial charge in [0, 0.05) is 34.4 Å². The topological polar surface area (TPSA) is 17.8 Å². The number of aromatic nitrogens is 2. The van der Waals surface area contributed by atoms with Crippen molar-refractivity contribution >= 4 is 32.6 Å². The Morgan fingerprint density at radius 2 is 1.37 bits per heavy atom. The number of benzene rings is 5. The zero-order chi connectivity index (χ0) is 22.9. The van der Waals surface area contributed by atoms with E-state index in [2.05, 4.69) is 119 Å². The van der Waals surface area contributed by atoms with Gasteiger partial charge in [-0.15, -0.1) is 0 Å². The lowest BCUT2D eigenvalue weighted by molar-refractivity contribution is 1.19. The molecule has 1 aliphatic rings. The highest BCUT2D eigenvalue weighted by molar-refractivity contribution is 6.16. The number of para-hydroxylation sites is 1. The number of nitrogens with zero attached hydrogens (tertiary/aromatic N) is 2. The van der Waals surface area contributed by atoms with Gasteiger partial charge in [-0.2, -0.15) is 0 Å². The van der Waals surface area contributed by atoms with Gasteiger partial charge in [0.2, 0.25) is 0 Å². The van der Waals surface area contributed by atoms with Crippen molar-refractivity contribution in [3.63, 3.8) is 0 Å². The van der Waals surface area contributed by atoms with Crippen LogP contribution in [0.3, 0.4) is 0 Å². The second-order valence-electron chi connectivity index (χ2n) is 9.27. The standard InChI is InChI=1S/C33H20N2/c1-2-7-21(8-3-1)22-13-14-32-28(18-22)26-10-4-5-12-31(26)35(32)24-17-23-9-6-11-27-30-20-34-16-15-25(30)29(19-24)33(23)27/h1-20H. The Hall–Kier alpha value is -4.69. The molecule has 0 amide bonds. The van der Waals surface area contributed by atoms with Crippen LogP contribution in [0.1, 0.15) is 0 Å². The molecule has 0 bridgehead atoms. The highest BCUT2D eigenvalue weighted by Crippen LogP contribution is 2.48. The summed E-state index contributed by atoms with van der Waals surface area (Å²) < 4.78 is 2.42. The molecule has 2 aromatic heterocycles. The van der Waals surface area contributed by atoms with Crippen LogP contribution in [0.2, 0.25) is 0 Å². The van der Waals surface area contributed by atoms with Crippen LogP contribution in [-0.2, 0) is 0 Å². The van der Waals surface area contributed by atoms with Gasteiger partial charge < -0.3 is 4.57 Å². The molecular formula is C33H20N2. The lowest BCUT2D eigenvalue weighted by atomic mass is 10.0. The lowest BCUT2D eigenvalue weighted by Gasteiger charge is -2.12. The summed E-state index contributed by atoms with van der Waals surface area (Å²) in [5.41, 5.74) is 11.2. The molecule has 0 atom stereocenters. The van der Waals surface area contributed by atoms with Crippen LogP contribution in [0.25, 0.3) is 71.6 Å². The van der Waals surface area contributed by atoms with Crippen LogP contribution in [0.4, 0.5) is 0 Å². The van der Waals surface area contributed by atoms with Gasteiger partial charge in [-0.25, -0.2) is 0 Å². The Labute approximate surface area is 202 Å². The minimum Gasteiger partial charge on any atom is -0.309 e. The molecule has 0 radical (unpaired) electrons. The van der Waals surface area contributed by atoms with Crippen LogP contribution in [0.5, 0.6) is 0 Å². The minimum absolute atomic E-state index is 1.19. The second-order valence-corrected chi connectivity index (χ2v) is 9.27. The van der Waals surface area contributed by atoms with Gasteiger partial charge in [0.05, 0.1) is 11.0 Å². The van der Waals surface area contributed by atoms with Crippen molar-refractivity contribution in [2.75, 3.05) is 0 Å². The van der Waals surface area contributed by atoms with Crippen LogP contribution in [0, 0.1) is 0 Å². The Kier molecular flexibility index (Phi) is 3.69. The molecule has 2 heterocycles. The molecular weight excluding hydrogens is 424 g/mol. The highest BCUT2D eigenvalue weighted by atomic mass is 15.0. The fourth-order valence-corrected chi connectivity index (χ4v) is 5.88. The first-order chi connectivity index (χ1) is 17.4. The molecule has 2 heteroatoms. The maximum absolute atomic E-state index is 4.41. The van der Waals surface area contributed by atoms with E-state index in [9.17, 15) is 0 Å². The zero-order valence-corrected chi connectivity index (χ0v) is 18.9. The molecule has 0 saturated carbocycles. The quantitative estimate of drug-likeness (QED) is 0.261. The van der Waals surface area contributed by atoms with Gasteiger partial charge in [-0.3, -0.25) is 4.98 Å². The molecule has 7 aromatic rings. The second kappa shape index (κ2) is 6.91. The third-order valence-electron chi connectivity index (χ3n) is 7.40. The summed E-state index contributed by atoms with van der Waals surface area (Å²) in [5, 5.41) is 5.14. The Morgan fingerprint density at radius 3 is 2.31 bits per heavy atom. The average molecular weight is 445 g/mol. The number of fused-ring (bicyclic) bond motifs is 6. The molecule has 0 N–H and O–H groups in total. The van der Waals surface area contributed by atoms with Crippen molar-refractivity contribution in [2.45, 2.75) is 0 Å². The molecule has 0 unspecified atom stereocenters. The van der Waals surface area contributed by atoms with Gasteiger partial charge in [-0.1, -0.05) is 72.8 Å². The zero-order valence-electron chi connectivity index (χ0n) is 18.9. The van der Waals surface area contributed by atoms with Gasteiger partial charge in [0.15, 0.2) is 0 Å². The van der Waals surface area contributed by atoms with E-state index in [4.69, 9.17) is 0 Å². The van der Waals surface area contributed by atoms with E-state index in [0.29, 0.717) is 0 Å². The summed E-state index contributed by atoms with van der Waals surface area (Å²) in [6.45, 7) is 0. The molecule has 5 aromatic carbocycles. The van der Waals surface area contributed by atoms with Crippen molar-refractivity contribution in [2.24, 2.45) is 0 Å². The summed E-state index contributed by atoms with van der Waals surface area (Å²) in [4.78, 5) is 4.41. The smallest absolute Gasteiger partial charge is 0.0541 e. The van der Waals surface area contributed by atoms with Crippen LogP contribution >= 0.6 is 0 Å². The van der Waals surface area contributed by atoms with Gasteiger partial charge in [-0.05, 0) is 75.0 Å². The van der Waals surface area contributed by atoms with Gasteiger partial charge in [0.25, 0.3) is 0 Å². The van der Waals surface area contributed by atoms with E-state index >= 15 is 0 Å². The summed E-state index contributed by atoms with van der Waals surface area (Å²) in [6.07, 6.45) is 3.89. The van der Waals surface area contributed by atoms with Crippen LogP contribution in [0.15, 0.2) is 122 Å². The minimum atomic E-state index is 1.19. The first-order valence-corrected chi connectivity index (χ1v) is 12.0. The molecule has 0 fully saturated rings. The molecule has 35 heavy (non-hydrogen) atoms. The van der Waals surface area contributed by atoms with Gasteiger partial charge >= 0.3 is 0 Å². The average Bonchev–Trinajstić information content (AvgIpc) is 3.43. The van der Waals surface area contributed by atoms with Gasteiger partial charge in [0.1, 0.15) is 0 Å². The summed E-state index contributed by atoms with van der Waals surface area (Å²) in [6, 6.07) is 39.6. The number of hydrogen-bond donors (Lipinski definition) is 0. The van der Waals surface area contributed by atoms with Crippen LogP contribution < -0.4 is 0 Å². The monoisotopic (exact) mass is 444 g/mol. The van der Waals surface area contributed by atoms with E-state index in [1.165, 1.54) is 71.6 Å². The summed E-state index contributed by atoms with van der Waals surface area (Å²) >= 11 is 0. The number of rotatable bonds is 2. The number of pyridine rings is 1. The fourth-order valence-electron chi connectivity index (χ4n) is 5.88. The van der Waals surface area contributed by atoms with Crippen LogP contribution in [-0.4, -0.2) is 9.55 Å². The van der Waals surface area contributed by atoms with Crippen molar-refractivity contribution < 1.29 is 0 Å². The van der Waals surface area contributed by atoms with Crippen molar-refractivity contribution in [1.29, 1.82) is 0 Å². The SMILES string of the molecule is c1ccc(-c2ccc3c(c2)c2ccccc2n3-c2cc3c4c(cccc4c2)-c2cnccc2-3)cc1. The Morgan fingerprint density at radius 1 is 0.514 bits per heavy atom. The van der Waals surface area contributed by atoms with E-state index in [-0.39, 0.29) is 0 Å². The largest absolute Gasteiger partial charge is 0.309 e. The summed E-state index contributed by atoms with van der Waals surface area (Å²) in [7, 11) is 0. The maximum atomic E-state index is 4.41. The molecule has 2 nitrogen and oxygen atoms in total. The normalized spacial score (nSPS) is 12.0. The van der Waals surface area contributed by atoms with Crippen molar-refractivity contribution in [1.82, 2.24) is 9.55 Å². The predicted molar refractivity (Wildman–Crippen MR) is 146 cm³/mol. The molecule has 0 aliphatic heterocycles. The Balaban J connectivity index is 1.45. The highest BCUT2D eigenvalue weighted by Gasteiger charge is 2.23. The van der Waals surface area contributed by atoms with Crippen molar-refractivity contribution in [3.8, 4) is 39.1 Å². The summed E-state index contributed by atoms with van der Waals surface area (Å²) in [5.74, 6) is 0. The first-order valence-electron chi connectivity index (χ1n) is 12.0. The van der Waals surface area contributed by atoms with E-state index in [1.54, 1.807) is 0 Å². The maximum Gasteiger partial charge on any atom is 0.0541 e. The van der Waals surface area contributed by atoms with Crippen molar-refractivity contribution in [3.05, 3.63) is 122 Å². The van der Waals surface area contributed by atoms with E-state index in [1.807, 2.05) is 12.4 Å². The molecule has 0 spiro atoms. The van der Waals surface area contributed by atoms with E-state index < -0.39 is 0 Å². The number of hydrogen-bond acceptors (Lipinski definition) is 1. The van der Waals surface area contributed by atoms with E-state index in [0.717, 1.165) is 0 Å². The molecule has 162 valence electrons. The first kappa shape index (κ1) is 18.7. The Bertz CT molecular complexity index is 1940. The molecule has 1 aliphatic carbocycles. The fraction of sp³-hybridized carbons (Fsp3) is 0. The third-order valence-corrected chi connectivity index (χ3v) is 7.40. The lowest BCUT2D eigenvalue weighted by Crippen LogP contribution is -1.94. The molecule has 8 rings (SSSR count).